The molecule has 10 rings (SSSR count). The summed E-state index contributed by atoms with van der Waals surface area (Å²) in [5.74, 6) is 1.89. The fraction of sp³-hybridized carbons (Fsp3) is 0. The number of hydrogen-bond donors (Lipinski definition) is 0. The van der Waals surface area contributed by atoms with Gasteiger partial charge in [-0.3, -0.25) is 0 Å². The van der Waals surface area contributed by atoms with E-state index in [1.165, 1.54) is 41.7 Å². The van der Waals surface area contributed by atoms with Crippen molar-refractivity contribution in [3.8, 4) is 34.2 Å². The quantitative estimate of drug-likeness (QED) is 0.188. The molecule has 0 spiro atoms. The zero-order valence-corrected chi connectivity index (χ0v) is 25.3. The second kappa shape index (κ2) is 9.80. The predicted octanol–water partition coefficient (Wildman–Crippen LogP) is 11.4. The number of furan rings is 1. The van der Waals surface area contributed by atoms with Crippen LogP contribution in [0.15, 0.2) is 144 Å². The van der Waals surface area contributed by atoms with E-state index in [2.05, 4.69) is 84.9 Å². The van der Waals surface area contributed by atoms with Gasteiger partial charge in [-0.1, -0.05) is 109 Å². The fourth-order valence-corrected chi connectivity index (χ4v) is 8.06. The van der Waals surface area contributed by atoms with Gasteiger partial charge < -0.3 is 4.42 Å². The Morgan fingerprint density at radius 3 is 2.00 bits per heavy atom. The summed E-state index contributed by atoms with van der Waals surface area (Å²) in [5.41, 5.74) is 4.50. The van der Waals surface area contributed by atoms with Crippen LogP contribution < -0.4 is 0 Å². The van der Waals surface area contributed by atoms with Crippen molar-refractivity contribution in [2.45, 2.75) is 0 Å². The van der Waals surface area contributed by atoms with Gasteiger partial charge in [0.25, 0.3) is 0 Å². The SMILES string of the molecule is c1ccc(-c2nc(-c3ccc4c(c3)oc3ccccc34)nc(-c3cc4ccc5ccccc5c4c4sc5ccccc5c34)n2)cc1. The summed E-state index contributed by atoms with van der Waals surface area (Å²) < 4.78 is 8.74. The van der Waals surface area contributed by atoms with Crippen LogP contribution in [0.3, 0.4) is 0 Å². The van der Waals surface area contributed by atoms with Crippen LogP contribution in [0, 0.1) is 0 Å². The van der Waals surface area contributed by atoms with Crippen molar-refractivity contribution in [2.24, 2.45) is 0 Å². The van der Waals surface area contributed by atoms with Crippen LogP contribution in [0.5, 0.6) is 0 Å². The Morgan fingerprint density at radius 1 is 0.435 bits per heavy atom. The lowest BCUT2D eigenvalue weighted by Crippen LogP contribution is -2.00. The molecule has 0 fully saturated rings. The second-order valence-electron chi connectivity index (χ2n) is 11.6. The summed E-state index contributed by atoms with van der Waals surface area (Å²) in [4.78, 5) is 15.4. The van der Waals surface area contributed by atoms with Gasteiger partial charge in [-0.15, -0.1) is 11.3 Å². The summed E-state index contributed by atoms with van der Waals surface area (Å²) in [7, 11) is 0. The standard InChI is InChI=1S/C41H23N3OS/c1-2-11-25(12-3-1)39-42-40(27-20-21-30-29-14-6-8-16-33(29)45-34(30)23-27)44-41(43-39)32-22-26-19-18-24-10-4-5-13-28(24)36(26)38-37(32)31-15-7-9-17-35(31)46-38/h1-23H. The third-order valence-corrected chi connectivity index (χ3v) is 10.1. The number of nitrogens with zero attached hydrogens (tertiary/aromatic N) is 3. The maximum atomic E-state index is 6.25. The van der Waals surface area contributed by atoms with Crippen LogP contribution >= 0.6 is 11.3 Å². The lowest BCUT2D eigenvalue weighted by atomic mass is 9.96. The number of fused-ring (bicyclic) bond motifs is 10. The third-order valence-electron chi connectivity index (χ3n) is 8.90. The first-order valence-corrected chi connectivity index (χ1v) is 16.1. The smallest absolute Gasteiger partial charge is 0.164 e. The van der Waals surface area contributed by atoms with E-state index in [0.717, 1.165) is 38.6 Å². The Kier molecular flexibility index (Phi) is 5.41. The molecule has 214 valence electrons. The van der Waals surface area contributed by atoms with Crippen LogP contribution in [0.4, 0.5) is 0 Å². The first kappa shape index (κ1) is 25.4. The highest BCUT2D eigenvalue weighted by molar-refractivity contribution is 7.27. The first-order chi connectivity index (χ1) is 22.8. The van der Waals surface area contributed by atoms with Gasteiger partial charge in [-0.2, -0.15) is 0 Å². The molecule has 0 bridgehead atoms. The maximum Gasteiger partial charge on any atom is 0.164 e. The third kappa shape index (κ3) is 3.82. The van der Waals surface area contributed by atoms with Crippen LogP contribution in [0.25, 0.3) is 97.8 Å². The Labute approximate surface area is 267 Å². The number of thiophene rings is 1. The average Bonchev–Trinajstić information content (AvgIpc) is 3.70. The number of hydrogen-bond acceptors (Lipinski definition) is 5. The van der Waals surface area contributed by atoms with Gasteiger partial charge in [0.05, 0.1) is 0 Å². The zero-order chi connectivity index (χ0) is 30.2. The average molecular weight is 606 g/mol. The molecule has 46 heavy (non-hydrogen) atoms. The molecular weight excluding hydrogens is 583 g/mol. The summed E-state index contributed by atoms with van der Waals surface area (Å²) in [6, 6.07) is 48.5. The fourth-order valence-electron chi connectivity index (χ4n) is 6.76. The molecule has 0 unspecified atom stereocenters. The van der Waals surface area contributed by atoms with Gasteiger partial charge in [-0.25, -0.2) is 15.0 Å². The largest absolute Gasteiger partial charge is 0.456 e. The van der Waals surface area contributed by atoms with Crippen molar-refractivity contribution in [1.82, 2.24) is 15.0 Å². The van der Waals surface area contributed by atoms with Crippen molar-refractivity contribution in [1.29, 1.82) is 0 Å². The molecule has 4 nitrogen and oxygen atoms in total. The molecule has 0 radical (unpaired) electrons. The summed E-state index contributed by atoms with van der Waals surface area (Å²) in [6.45, 7) is 0. The lowest BCUT2D eigenvalue weighted by molar-refractivity contribution is 0.669. The van der Waals surface area contributed by atoms with Crippen LogP contribution in [0.1, 0.15) is 0 Å². The Bertz CT molecular complexity index is 2820. The molecule has 0 saturated carbocycles. The van der Waals surface area contributed by atoms with E-state index < -0.39 is 0 Å². The van der Waals surface area contributed by atoms with Crippen LogP contribution in [-0.2, 0) is 0 Å². The van der Waals surface area contributed by atoms with Crippen LogP contribution in [0.2, 0.25) is 0 Å². The summed E-state index contributed by atoms with van der Waals surface area (Å²) in [6.07, 6.45) is 0. The number of aromatic nitrogens is 3. The molecule has 0 saturated heterocycles. The molecule has 0 amide bonds. The highest BCUT2D eigenvalue weighted by Crippen LogP contribution is 2.46. The minimum Gasteiger partial charge on any atom is -0.456 e. The van der Waals surface area contributed by atoms with Crippen molar-refractivity contribution >= 4 is 75.0 Å². The van der Waals surface area contributed by atoms with Gasteiger partial charge in [-0.05, 0) is 46.5 Å². The Hall–Kier alpha value is -5.91. The monoisotopic (exact) mass is 605 g/mol. The number of benzene rings is 7. The number of rotatable bonds is 3. The van der Waals surface area contributed by atoms with Gasteiger partial charge >= 0.3 is 0 Å². The molecule has 10 aromatic rings. The lowest BCUT2D eigenvalue weighted by Gasteiger charge is -2.12. The van der Waals surface area contributed by atoms with Crippen molar-refractivity contribution < 1.29 is 4.42 Å². The van der Waals surface area contributed by atoms with E-state index in [1.807, 2.05) is 65.9 Å². The summed E-state index contributed by atoms with van der Waals surface area (Å²) in [5, 5.41) is 9.48. The topological polar surface area (TPSA) is 51.8 Å². The molecule has 0 aliphatic rings. The summed E-state index contributed by atoms with van der Waals surface area (Å²) >= 11 is 1.84. The van der Waals surface area contributed by atoms with Crippen molar-refractivity contribution in [3.05, 3.63) is 140 Å². The van der Waals surface area contributed by atoms with E-state index >= 15 is 0 Å². The van der Waals surface area contributed by atoms with Crippen molar-refractivity contribution in [3.63, 3.8) is 0 Å². The molecular formula is C41H23N3OS. The normalized spacial score (nSPS) is 11.9. The van der Waals surface area contributed by atoms with Gasteiger partial charge in [0.1, 0.15) is 11.2 Å². The predicted molar refractivity (Wildman–Crippen MR) is 191 cm³/mol. The Balaban J connectivity index is 1.29. The molecule has 0 aliphatic heterocycles. The molecule has 3 aromatic heterocycles. The molecule has 0 N–H and O–H groups in total. The molecule has 0 atom stereocenters. The van der Waals surface area contributed by atoms with Gasteiger partial charge in [0.15, 0.2) is 17.5 Å². The number of para-hydroxylation sites is 1. The van der Waals surface area contributed by atoms with E-state index in [4.69, 9.17) is 19.4 Å². The Morgan fingerprint density at radius 2 is 1.11 bits per heavy atom. The maximum absolute atomic E-state index is 6.25. The minimum atomic E-state index is 0.609. The molecule has 0 aliphatic carbocycles. The molecule has 5 heteroatoms. The van der Waals surface area contributed by atoms with Gasteiger partial charge in [0, 0.05) is 53.0 Å². The van der Waals surface area contributed by atoms with E-state index in [0.29, 0.717) is 17.5 Å². The van der Waals surface area contributed by atoms with E-state index in [-0.39, 0.29) is 0 Å². The highest BCUT2D eigenvalue weighted by atomic mass is 32.1. The minimum absolute atomic E-state index is 0.609. The van der Waals surface area contributed by atoms with E-state index in [1.54, 1.807) is 0 Å². The first-order valence-electron chi connectivity index (χ1n) is 15.3. The van der Waals surface area contributed by atoms with Crippen molar-refractivity contribution in [2.75, 3.05) is 0 Å². The van der Waals surface area contributed by atoms with Gasteiger partial charge in [0.2, 0.25) is 0 Å². The van der Waals surface area contributed by atoms with E-state index in [9.17, 15) is 0 Å². The molecule has 3 heterocycles. The molecule has 7 aromatic carbocycles. The highest BCUT2D eigenvalue weighted by Gasteiger charge is 2.20. The second-order valence-corrected chi connectivity index (χ2v) is 12.6. The zero-order valence-electron chi connectivity index (χ0n) is 24.4. The van der Waals surface area contributed by atoms with Crippen LogP contribution in [-0.4, -0.2) is 15.0 Å².